The van der Waals surface area contributed by atoms with Gasteiger partial charge in [0.2, 0.25) is 13.6 Å². The molecule has 10 heteroatoms. The molecule has 0 aromatic heterocycles. The third-order valence-electron chi connectivity index (χ3n) is 7.54. The van der Waals surface area contributed by atoms with E-state index in [0.717, 1.165) is 45.8 Å². The van der Waals surface area contributed by atoms with Crippen LogP contribution in [-0.2, 0) is 14.3 Å². The summed E-state index contributed by atoms with van der Waals surface area (Å²) >= 11 is 0. The summed E-state index contributed by atoms with van der Waals surface area (Å²) in [7, 11) is 3.08. The van der Waals surface area contributed by atoms with E-state index in [1.807, 2.05) is 24.3 Å². The highest BCUT2D eigenvalue weighted by molar-refractivity contribution is 5.85. The molecule has 4 atom stereocenters. The van der Waals surface area contributed by atoms with Crippen LogP contribution >= 0.6 is 0 Å². The monoisotopic (exact) mass is 562 g/mol. The van der Waals surface area contributed by atoms with Gasteiger partial charge < -0.3 is 43.0 Å². The Labute approximate surface area is 236 Å². The summed E-state index contributed by atoms with van der Waals surface area (Å²) in [6.45, 7) is 1.93. The normalized spacial score (nSPS) is 23.2. The smallest absolute Gasteiger partial charge is 0.328 e. The highest BCUT2D eigenvalue weighted by Gasteiger charge is 2.48. The van der Waals surface area contributed by atoms with Crippen LogP contribution in [0.15, 0.2) is 60.7 Å². The first kappa shape index (κ1) is 26.8. The van der Waals surface area contributed by atoms with Crippen LogP contribution in [0.25, 0.3) is 6.08 Å². The molecule has 3 aromatic rings. The number of rotatable bonds is 6. The Morgan fingerprint density at radius 1 is 0.732 bits per heavy atom. The molecule has 3 aromatic carbocycles. The molecule has 4 unspecified atom stereocenters. The molecule has 2 fully saturated rings. The molecule has 4 aliphatic rings. The van der Waals surface area contributed by atoms with E-state index in [-0.39, 0.29) is 25.8 Å². The zero-order chi connectivity index (χ0) is 28.3. The van der Waals surface area contributed by atoms with Crippen LogP contribution in [0.2, 0.25) is 0 Å². The molecule has 10 nitrogen and oxygen atoms in total. The van der Waals surface area contributed by atoms with Crippen molar-refractivity contribution in [2.75, 3.05) is 41.0 Å². The number of benzene rings is 3. The summed E-state index contributed by atoms with van der Waals surface area (Å²) in [5.41, 5.74) is 2.99. The van der Waals surface area contributed by atoms with Gasteiger partial charge in [0.1, 0.15) is 0 Å². The predicted molar refractivity (Wildman–Crippen MR) is 146 cm³/mol. The summed E-state index contributed by atoms with van der Waals surface area (Å²) in [5.74, 6) is 4.03. The number of hydrogen-bond acceptors (Lipinski definition) is 9. The number of carbonyl (C=O) groups is 1. The molecule has 0 radical (unpaired) electrons. The van der Waals surface area contributed by atoms with Crippen LogP contribution in [0.3, 0.4) is 0 Å². The van der Waals surface area contributed by atoms with Gasteiger partial charge in [-0.15, -0.1) is 0 Å². The fraction of sp³-hybridized carbons (Fsp3) is 0.323. The number of carboxylic acids is 1. The molecular weight excluding hydrogens is 532 g/mol. The van der Waals surface area contributed by atoms with Crippen LogP contribution in [0, 0.1) is 11.8 Å². The second-order valence-corrected chi connectivity index (χ2v) is 9.85. The van der Waals surface area contributed by atoms with Crippen molar-refractivity contribution in [3.63, 3.8) is 0 Å². The molecule has 41 heavy (non-hydrogen) atoms. The lowest BCUT2D eigenvalue weighted by Gasteiger charge is -2.17. The molecule has 0 amide bonds. The second-order valence-electron chi connectivity index (χ2n) is 9.85. The van der Waals surface area contributed by atoms with E-state index in [9.17, 15) is 4.79 Å². The van der Waals surface area contributed by atoms with Crippen molar-refractivity contribution >= 4 is 12.0 Å². The Kier molecular flexibility index (Phi) is 7.58. The maximum absolute atomic E-state index is 10.3. The van der Waals surface area contributed by atoms with E-state index in [4.69, 9.17) is 43.0 Å². The molecule has 0 spiro atoms. The number of ether oxygens (including phenoxy) is 8. The van der Waals surface area contributed by atoms with Crippen molar-refractivity contribution in [3.05, 3.63) is 77.4 Å². The lowest BCUT2D eigenvalue weighted by Crippen LogP contribution is -2.14. The van der Waals surface area contributed by atoms with Crippen LogP contribution in [-0.4, -0.2) is 52.1 Å². The van der Waals surface area contributed by atoms with E-state index in [0.29, 0.717) is 36.5 Å². The lowest BCUT2D eigenvalue weighted by atomic mass is 9.85. The minimum Gasteiger partial charge on any atom is -0.493 e. The van der Waals surface area contributed by atoms with Crippen LogP contribution in [0.1, 0.15) is 28.9 Å². The van der Waals surface area contributed by atoms with Crippen molar-refractivity contribution in [2.45, 2.75) is 12.2 Å². The van der Waals surface area contributed by atoms with Crippen LogP contribution < -0.4 is 28.4 Å². The molecule has 2 saturated heterocycles. The van der Waals surface area contributed by atoms with Crippen molar-refractivity contribution < 1.29 is 47.8 Å². The van der Waals surface area contributed by atoms with Gasteiger partial charge >= 0.3 is 5.97 Å². The quantitative estimate of drug-likeness (QED) is 0.411. The van der Waals surface area contributed by atoms with Gasteiger partial charge in [0.25, 0.3) is 0 Å². The van der Waals surface area contributed by atoms with Gasteiger partial charge in [-0.2, -0.15) is 0 Å². The van der Waals surface area contributed by atoms with Gasteiger partial charge in [-0.25, -0.2) is 4.79 Å². The predicted octanol–water partition coefficient (Wildman–Crippen LogP) is 5.02. The van der Waals surface area contributed by atoms with E-state index in [2.05, 4.69) is 12.1 Å². The minimum absolute atomic E-state index is 0.0218. The van der Waals surface area contributed by atoms with Gasteiger partial charge in [0.05, 0.1) is 39.6 Å². The first-order chi connectivity index (χ1) is 20.0. The number of carboxylic acid groups (broad SMARTS) is 1. The Morgan fingerprint density at radius 3 is 1.78 bits per heavy atom. The van der Waals surface area contributed by atoms with Gasteiger partial charge in [-0.3, -0.25) is 0 Å². The molecule has 0 aliphatic carbocycles. The average Bonchev–Trinajstić information content (AvgIpc) is 3.80. The standard InChI is InChI=1S/C20H18O6.C11H12O4/c1-3-15-17(25-9-23-15)5-11(1)19-13-7-22-20(14(13)8-21-19)12-2-4-16-18(6-12)26-10-24-16;1-14-9-5-3-8(4-6-11(12)13)7-10(9)15-2/h1-6,13-14,19-20H,7-10H2;3-7H,1-2H3,(H,12,13). The van der Waals surface area contributed by atoms with E-state index < -0.39 is 5.97 Å². The maximum atomic E-state index is 10.3. The van der Waals surface area contributed by atoms with Gasteiger partial charge in [0.15, 0.2) is 34.5 Å². The number of methoxy groups -OCH3 is 2. The third-order valence-corrected chi connectivity index (χ3v) is 7.54. The summed E-state index contributed by atoms with van der Waals surface area (Å²) in [5, 5.41) is 8.46. The molecule has 0 bridgehead atoms. The first-order valence-electron chi connectivity index (χ1n) is 13.2. The van der Waals surface area contributed by atoms with Crippen molar-refractivity contribution in [3.8, 4) is 34.5 Å². The largest absolute Gasteiger partial charge is 0.493 e. The zero-order valence-electron chi connectivity index (χ0n) is 22.6. The number of hydrogen-bond donors (Lipinski definition) is 1. The highest BCUT2D eigenvalue weighted by Crippen LogP contribution is 2.52. The molecule has 4 heterocycles. The molecule has 214 valence electrons. The van der Waals surface area contributed by atoms with Crippen molar-refractivity contribution in [1.82, 2.24) is 0 Å². The average molecular weight is 563 g/mol. The van der Waals surface area contributed by atoms with E-state index in [1.165, 1.54) is 13.2 Å². The van der Waals surface area contributed by atoms with Crippen LogP contribution in [0.4, 0.5) is 0 Å². The highest BCUT2D eigenvalue weighted by atomic mass is 16.7. The van der Waals surface area contributed by atoms with E-state index >= 15 is 0 Å². The molecule has 4 aliphatic heterocycles. The molecule has 0 saturated carbocycles. The summed E-state index contributed by atoms with van der Waals surface area (Å²) < 4.78 is 44.3. The zero-order valence-corrected chi connectivity index (χ0v) is 22.6. The van der Waals surface area contributed by atoms with Crippen molar-refractivity contribution in [2.24, 2.45) is 11.8 Å². The Hall–Kier alpha value is -4.41. The summed E-state index contributed by atoms with van der Waals surface area (Å²) in [4.78, 5) is 10.3. The van der Waals surface area contributed by atoms with Gasteiger partial charge in [-0.05, 0) is 59.2 Å². The number of fused-ring (bicyclic) bond motifs is 3. The summed E-state index contributed by atoms with van der Waals surface area (Å²) in [6.07, 6.45) is 2.60. The topological polar surface area (TPSA) is 111 Å². The lowest BCUT2D eigenvalue weighted by molar-refractivity contribution is -0.131. The van der Waals surface area contributed by atoms with Gasteiger partial charge in [-0.1, -0.05) is 18.2 Å². The maximum Gasteiger partial charge on any atom is 0.328 e. The SMILES string of the molecule is COc1ccc(C=CC(=O)O)cc1OC.c1cc2c(cc1C1OCC3C(c4ccc5c(c4)OCO5)OCC13)OCO2. The minimum atomic E-state index is -0.982. The first-order valence-corrected chi connectivity index (χ1v) is 13.2. The second kappa shape index (κ2) is 11.6. The third kappa shape index (κ3) is 5.48. The Balaban J connectivity index is 0.000000174. The Morgan fingerprint density at radius 2 is 1.27 bits per heavy atom. The molecule has 7 rings (SSSR count). The fourth-order valence-corrected chi connectivity index (χ4v) is 5.54. The van der Waals surface area contributed by atoms with Crippen molar-refractivity contribution in [1.29, 1.82) is 0 Å². The summed E-state index contributed by atoms with van der Waals surface area (Å²) in [6, 6.07) is 17.3. The number of aliphatic carboxylic acids is 1. The Bertz CT molecular complexity index is 1380. The van der Waals surface area contributed by atoms with E-state index in [1.54, 1.807) is 25.3 Å². The van der Waals surface area contributed by atoms with Crippen LogP contribution in [0.5, 0.6) is 34.5 Å². The van der Waals surface area contributed by atoms with Gasteiger partial charge in [0, 0.05) is 17.9 Å². The molecular formula is C31H30O10. The fourth-order valence-electron chi connectivity index (χ4n) is 5.54. The molecule has 1 N–H and O–H groups in total.